The Kier molecular flexibility index (Phi) is 5.19. The molecule has 1 aliphatic heterocycles. The van der Waals surface area contributed by atoms with Crippen molar-refractivity contribution in [2.45, 2.75) is 32.7 Å². The van der Waals surface area contributed by atoms with Crippen molar-refractivity contribution in [3.8, 4) is 5.88 Å². The van der Waals surface area contributed by atoms with Gasteiger partial charge in [0.1, 0.15) is 11.6 Å². The van der Waals surface area contributed by atoms with Crippen LogP contribution < -0.4 is 15.6 Å². The average molecular weight is 416 g/mol. The minimum atomic E-state index is -0.678. The highest BCUT2D eigenvalue weighted by Crippen LogP contribution is 2.36. The summed E-state index contributed by atoms with van der Waals surface area (Å²) >= 11 is 0. The van der Waals surface area contributed by atoms with Gasteiger partial charge in [0.05, 0.1) is 24.0 Å². The first-order chi connectivity index (χ1) is 14.4. The molecule has 0 bridgehead atoms. The monoisotopic (exact) mass is 416 g/mol. The standard InChI is InChI=1S/C21H19F3N4O2/c1-3-30-20-16(24)10-17(11(2)25-20)26-21-27-19(29)9-13-5-7-18(28(13)21)14-6-4-12(22)8-15(14)23/h4,6,8-10,18H,3,5,7H2,1-2H3,(H,26,27,29). The van der Waals surface area contributed by atoms with Gasteiger partial charge < -0.3 is 14.6 Å². The van der Waals surface area contributed by atoms with Crippen LogP contribution in [-0.4, -0.2) is 21.1 Å². The molecule has 1 atom stereocenters. The smallest absolute Gasteiger partial charge is 0.274 e. The van der Waals surface area contributed by atoms with Crippen molar-refractivity contribution >= 4 is 11.6 Å². The second-order valence-electron chi connectivity index (χ2n) is 6.97. The SMILES string of the molecule is CCOc1nc(C)c(Nc2nc(=O)cc3n2C(c2ccc(F)cc2F)CC3)cc1F. The van der Waals surface area contributed by atoms with Crippen molar-refractivity contribution in [1.82, 2.24) is 14.5 Å². The van der Waals surface area contributed by atoms with E-state index in [0.717, 1.165) is 6.07 Å². The molecule has 0 aliphatic carbocycles. The van der Waals surface area contributed by atoms with E-state index in [9.17, 15) is 18.0 Å². The summed E-state index contributed by atoms with van der Waals surface area (Å²) in [6.07, 6.45) is 1.03. The quantitative estimate of drug-likeness (QED) is 0.680. The molecular formula is C21H19F3N4O2. The number of benzene rings is 1. The minimum Gasteiger partial charge on any atom is -0.476 e. The van der Waals surface area contributed by atoms with Crippen LogP contribution in [0, 0.1) is 24.4 Å². The van der Waals surface area contributed by atoms with Gasteiger partial charge in [-0.05, 0) is 32.8 Å². The molecule has 4 rings (SSSR count). The molecular weight excluding hydrogens is 397 g/mol. The first-order valence-corrected chi connectivity index (χ1v) is 9.51. The van der Waals surface area contributed by atoms with E-state index >= 15 is 0 Å². The largest absolute Gasteiger partial charge is 0.476 e. The van der Waals surface area contributed by atoms with Crippen LogP contribution in [0.1, 0.15) is 36.3 Å². The number of pyridine rings is 1. The third-order valence-corrected chi connectivity index (χ3v) is 5.01. The van der Waals surface area contributed by atoms with E-state index in [1.807, 2.05) is 0 Å². The van der Waals surface area contributed by atoms with Crippen LogP contribution in [0.3, 0.4) is 0 Å². The van der Waals surface area contributed by atoms with E-state index in [4.69, 9.17) is 4.74 Å². The van der Waals surface area contributed by atoms with E-state index in [-0.39, 0.29) is 24.0 Å². The number of aromatic nitrogens is 3. The van der Waals surface area contributed by atoms with Gasteiger partial charge in [-0.25, -0.2) is 18.2 Å². The molecule has 6 nitrogen and oxygen atoms in total. The second-order valence-corrected chi connectivity index (χ2v) is 6.97. The minimum absolute atomic E-state index is 0.116. The molecule has 30 heavy (non-hydrogen) atoms. The van der Waals surface area contributed by atoms with Crippen LogP contribution in [0.5, 0.6) is 5.88 Å². The van der Waals surface area contributed by atoms with Crippen molar-refractivity contribution in [3.05, 3.63) is 75.1 Å². The number of aryl methyl sites for hydroxylation is 2. The van der Waals surface area contributed by atoms with Gasteiger partial charge >= 0.3 is 0 Å². The topological polar surface area (TPSA) is 69.0 Å². The Morgan fingerprint density at radius 1 is 1.17 bits per heavy atom. The maximum absolute atomic E-state index is 14.4. The lowest BCUT2D eigenvalue weighted by Gasteiger charge is -2.21. The van der Waals surface area contributed by atoms with Gasteiger partial charge in [0.25, 0.3) is 11.4 Å². The molecule has 1 unspecified atom stereocenters. The molecule has 1 aliphatic rings. The Morgan fingerprint density at radius 2 is 1.97 bits per heavy atom. The molecule has 0 radical (unpaired) electrons. The second kappa shape index (κ2) is 7.81. The molecule has 156 valence electrons. The Morgan fingerprint density at radius 3 is 2.70 bits per heavy atom. The van der Waals surface area contributed by atoms with Crippen molar-refractivity contribution < 1.29 is 17.9 Å². The lowest BCUT2D eigenvalue weighted by Crippen LogP contribution is -2.20. The van der Waals surface area contributed by atoms with Crippen LogP contribution in [0.25, 0.3) is 0 Å². The molecule has 1 aromatic carbocycles. The van der Waals surface area contributed by atoms with Gasteiger partial charge in [-0.1, -0.05) is 6.07 Å². The number of hydrogen-bond donors (Lipinski definition) is 1. The first kappa shape index (κ1) is 19.9. The van der Waals surface area contributed by atoms with E-state index in [0.29, 0.717) is 29.9 Å². The summed E-state index contributed by atoms with van der Waals surface area (Å²) in [6, 6.07) is 5.51. The zero-order chi connectivity index (χ0) is 21.4. The number of fused-ring (bicyclic) bond motifs is 1. The van der Waals surface area contributed by atoms with E-state index in [1.54, 1.807) is 18.4 Å². The van der Waals surface area contributed by atoms with Gasteiger partial charge in [0.15, 0.2) is 5.82 Å². The maximum Gasteiger partial charge on any atom is 0.274 e. The molecule has 0 amide bonds. The van der Waals surface area contributed by atoms with Gasteiger partial charge in [-0.2, -0.15) is 4.98 Å². The van der Waals surface area contributed by atoms with E-state index < -0.39 is 29.1 Å². The summed E-state index contributed by atoms with van der Waals surface area (Å²) in [4.78, 5) is 20.2. The fraction of sp³-hybridized carbons (Fsp3) is 0.286. The normalized spacial score (nSPS) is 15.2. The zero-order valence-electron chi connectivity index (χ0n) is 16.4. The number of nitrogens with zero attached hydrogens (tertiary/aromatic N) is 3. The number of hydrogen-bond acceptors (Lipinski definition) is 5. The van der Waals surface area contributed by atoms with Crippen LogP contribution in [0.4, 0.5) is 24.8 Å². The van der Waals surface area contributed by atoms with Crippen molar-refractivity contribution in [3.63, 3.8) is 0 Å². The molecule has 0 saturated heterocycles. The highest BCUT2D eigenvalue weighted by atomic mass is 19.1. The summed E-state index contributed by atoms with van der Waals surface area (Å²) < 4.78 is 48.9. The Hall–Kier alpha value is -3.36. The number of rotatable bonds is 5. The summed E-state index contributed by atoms with van der Waals surface area (Å²) in [5, 5.41) is 2.95. The highest BCUT2D eigenvalue weighted by molar-refractivity contribution is 5.58. The lowest BCUT2D eigenvalue weighted by molar-refractivity contribution is 0.307. The first-order valence-electron chi connectivity index (χ1n) is 9.51. The summed E-state index contributed by atoms with van der Waals surface area (Å²) in [6.45, 7) is 3.65. The fourth-order valence-corrected chi connectivity index (χ4v) is 3.69. The van der Waals surface area contributed by atoms with Crippen molar-refractivity contribution in [2.24, 2.45) is 0 Å². The van der Waals surface area contributed by atoms with Gasteiger partial charge in [-0.3, -0.25) is 4.79 Å². The average Bonchev–Trinajstić information content (AvgIpc) is 3.09. The van der Waals surface area contributed by atoms with Gasteiger partial charge in [0.2, 0.25) is 5.95 Å². The third kappa shape index (κ3) is 3.62. The molecule has 0 fully saturated rings. The molecule has 9 heteroatoms. The summed E-state index contributed by atoms with van der Waals surface area (Å²) in [5.41, 5.74) is 1.21. The van der Waals surface area contributed by atoms with Crippen LogP contribution >= 0.6 is 0 Å². The fourth-order valence-electron chi connectivity index (χ4n) is 3.69. The Bertz CT molecular complexity index is 1180. The zero-order valence-corrected chi connectivity index (χ0v) is 16.4. The van der Waals surface area contributed by atoms with Crippen molar-refractivity contribution in [1.29, 1.82) is 0 Å². The molecule has 0 saturated carbocycles. The van der Waals surface area contributed by atoms with Gasteiger partial charge in [0, 0.05) is 29.5 Å². The van der Waals surface area contributed by atoms with Crippen LogP contribution in [-0.2, 0) is 6.42 Å². The predicted molar refractivity (Wildman–Crippen MR) is 105 cm³/mol. The molecule has 3 aromatic rings. The lowest BCUT2D eigenvalue weighted by atomic mass is 10.0. The molecule has 3 heterocycles. The van der Waals surface area contributed by atoms with E-state index in [2.05, 4.69) is 15.3 Å². The summed E-state index contributed by atoms with van der Waals surface area (Å²) in [7, 11) is 0. The Labute approximate surface area is 170 Å². The Balaban J connectivity index is 1.78. The number of ether oxygens (including phenoxy) is 1. The van der Waals surface area contributed by atoms with Crippen LogP contribution in [0.15, 0.2) is 35.1 Å². The summed E-state index contributed by atoms with van der Waals surface area (Å²) in [5.74, 6) is -1.99. The number of nitrogens with one attached hydrogen (secondary N) is 1. The molecule has 2 aromatic heterocycles. The highest BCUT2D eigenvalue weighted by Gasteiger charge is 2.29. The number of halogens is 3. The van der Waals surface area contributed by atoms with Gasteiger partial charge in [-0.15, -0.1) is 0 Å². The maximum atomic E-state index is 14.4. The number of anilines is 2. The molecule has 1 N–H and O–H groups in total. The molecule has 0 spiro atoms. The predicted octanol–water partition coefficient (Wildman–Crippen LogP) is 4.04. The van der Waals surface area contributed by atoms with Crippen LogP contribution in [0.2, 0.25) is 0 Å². The van der Waals surface area contributed by atoms with E-state index in [1.165, 1.54) is 24.3 Å². The van der Waals surface area contributed by atoms with Crippen molar-refractivity contribution in [2.75, 3.05) is 11.9 Å². The third-order valence-electron chi connectivity index (χ3n) is 5.01.